The molecule has 0 unspecified atom stereocenters. The quantitative estimate of drug-likeness (QED) is 0.600. The molecule has 2 aliphatic rings. The fourth-order valence-electron chi connectivity index (χ4n) is 4.55. The predicted molar refractivity (Wildman–Crippen MR) is 142 cm³/mol. The van der Waals surface area contributed by atoms with Crippen LogP contribution in [0.3, 0.4) is 0 Å². The Bertz CT molecular complexity index is 1150. The first kappa shape index (κ1) is 27.2. The van der Waals surface area contributed by atoms with Gasteiger partial charge in [0.15, 0.2) is 0 Å². The zero-order valence-electron chi connectivity index (χ0n) is 22.1. The molecule has 37 heavy (non-hydrogen) atoms. The zero-order valence-corrected chi connectivity index (χ0v) is 23.0. The molecule has 202 valence electrons. The maximum atomic E-state index is 12.9. The van der Waals surface area contributed by atoms with Crippen LogP contribution >= 0.6 is 0 Å². The average Bonchev–Trinajstić information content (AvgIpc) is 2.85. The second-order valence-electron chi connectivity index (χ2n) is 10.8. The van der Waals surface area contributed by atoms with Gasteiger partial charge in [-0.15, -0.1) is 0 Å². The lowest BCUT2D eigenvalue weighted by molar-refractivity contribution is 0.0203. The second kappa shape index (κ2) is 11.3. The van der Waals surface area contributed by atoms with Gasteiger partial charge in [0.2, 0.25) is 15.9 Å². The number of sulfonamides is 1. The number of carbonyl (C=O) groups excluding carboxylic acids is 1. The molecule has 2 fully saturated rings. The van der Waals surface area contributed by atoms with Crippen molar-refractivity contribution in [1.82, 2.24) is 14.6 Å². The summed E-state index contributed by atoms with van der Waals surface area (Å²) in [7, 11) is -3.73. The third-order valence-corrected chi connectivity index (χ3v) is 8.12. The SMILES string of the molecule is Cc1ccc(N2CCC(Oc3ccc(S(=O)(=O)NC4CCN(C(=O)OC(C)(C)C)CC4)cn3)CC2)cc1. The molecule has 1 aromatic heterocycles. The maximum absolute atomic E-state index is 12.9. The smallest absolute Gasteiger partial charge is 0.410 e. The number of nitrogens with one attached hydrogen (secondary N) is 1. The van der Waals surface area contributed by atoms with E-state index in [1.165, 1.54) is 23.5 Å². The fraction of sp³-hybridized carbons (Fsp3) is 0.556. The van der Waals surface area contributed by atoms with E-state index in [1.54, 1.807) is 11.0 Å². The lowest BCUT2D eigenvalue weighted by Crippen LogP contribution is -2.47. The van der Waals surface area contributed by atoms with Gasteiger partial charge in [-0.25, -0.2) is 22.9 Å². The van der Waals surface area contributed by atoms with Crippen LogP contribution in [0.1, 0.15) is 52.0 Å². The monoisotopic (exact) mass is 530 g/mol. The zero-order chi connectivity index (χ0) is 26.6. The Morgan fingerprint density at radius 2 is 1.62 bits per heavy atom. The highest BCUT2D eigenvalue weighted by atomic mass is 32.2. The summed E-state index contributed by atoms with van der Waals surface area (Å²) in [6.07, 6.45) is 3.81. The molecule has 2 aromatic rings. The third-order valence-electron chi connectivity index (χ3n) is 6.62. The molecule has 3 heterocycles. The molecule has 2 aliphatic heterocycles. The van der Waals surface area contributed by atoms with Gasteiger partial charge < -0.3 is 19.3 Å². The van der Waals surface area contributed by atoms with Gasteiger partial charge in [-0.1, -0.05) is 17.7 Å². The molecule has 10 heteroatoms. The largest absolute Gasteiger partial charge is 0.474 e. The van der Waals surface area contributed by atoms with Crippen molar-refractivity contribution in [3.8, 4) is 5.88 Å². The van der Waals surface area contributed by atoms with Crippen molar-refractivity contribution in [3.63, 3.8) is 0 Å². The van der Waals surface area contributed by atoms with Crippen LogP contribution < -0.4 is 14.4 Å². The minimum absolute atomic E-state index is 0.0462. The molecule has 0 radical (unpaired) electrons. The van der Waals surface area contributed by atoms with E-state index in [1.807, 2.05) is 20.8 Å². The number of likely N-dealkylation sites (tertiary alicyclic amines) is 1. The number of ether oxygens (including phenoxy) is 2. The summed E-state index contributed by atoms with van der Waals surface area (Å²) < 4.78 is 40.0. The Labute approximate surface area is 220 Å². The van der Waals surface area contributed by atoms with Gasteiger partial charge in [0, 0.05) is 56.8 Å². The lowest BCUT2D eigenvalue weighted by atomic mass is 10.1. The van der Waals surface area contributed by atoms with Gasteiger partial charge >= 0.3 is 6.09 Å². The highest BCUT2D eigenvalue weighted by molar-refractivity contribution is 7.89. The first-order chi connectivity index (χ1) is 17.5. The number of hydrogen-bond acceptors (Lipinski definition) is 7. The summed E-state index contributed by atoms with van der Waals surface area (Å²) in [5, 5.41) is 0. The minimum atomic E-state index is -3.73. The first-order valence-corrected chi connectivity index (χ1v) is 14.4. The number of amides is 1. The molecule has 0 bridgehead atoms. The summed E-state index contributed by atoms with van der Waals surface area (Å²) in [6.45, 7) is 10.2. The summed E-state index contributed by atoms with van der Waals surface area (Å²) >= 11 is 0. The van der Waals surface area contributed by atoms with Gasteiger partial charge in [-0.2, -0.15) is 0 Å². The highest BCUT2D eigenvalue weighted by Gasteiger charge is 2.29. The molecule has 0 spiro atoms. The normalized spacial score (nSPS) is 18.1. The Hall–Kier alpha value is -2.85. The number of benzene rings is 1. The van der Waals surface area contributed by atoms with Crippen LogP contribution in [0.5, 0.6) is 5.88 Å². The van der Waals surface area contributed by atoms with Crippen LogP contribution in [0, 0.1) is 6.92 Å². The van der Waals surface area contributed by atoms with Crippen molar-refractivity contribution in [2.45, 2.75) is 76.0 Å². The third kappa shape index (κ3) is 7.58. The van der Waals surface area contributed by atoms with Gasteiger partial charge in [0.25, 0.3) is 0 Å². The van der Waals surface area contributed by atoms with E-state index in [-0.39, 0.29) is 23.1 Å². The van der Waals surface area contributed by atoms with E-state index >= 15 is 0 Å². The number of pyridine rings is 1. The first-order valence-electron chi connectivity index (χ1n) is 12.9. The van der Waals surface area contributed by atoms with E-state index in [0.29, 0.717) is 31.8 Å². The molecule has 1 amide bonds. The van der Waals surface area contributed by atoms with E-state index in [4.69, 9.17) is 9.47 Å². The van der Waals surface area contributed by atoms with Crippen LogP contribution in [-0.4, -0.2) is 68.3 Å². The van der Waals surface area contributed by atoms with Crippen molar-refractivity contribution in [3.05, 3.63) is 48.2 Å². The van der Waals surface area contributed by atoms with Crippen LogP contribution in [0.2, 0.25) is 0 Å². The standard InChI is InChI=1S/C27H38N4O5S/c1-20-5-7-22(8-6-20)30-17-13-23(14-18-30)35-25-10-9-24(19-28-25)37(33,34)29-21-11-15-31(16-12-21)26(32)36-27(2,3)4/h5-10,19,21,23,29H,11-18H2,1-4H3. The number of aromatic nitrogens is 1. The van der Waals surface area contributed by atoms with Crippen LogP contribution in [-0.2, 0) is 14.8 Å². The van der Waals surface area contributed by atoms with Crippen molar-refractivity contribution in [2.75, 3.05) is 31.1 Å². The minimum Gasteiger partial charge on any atom is -0.474 e. The number of piperidine rings is 2. The van der Waals surface area contributed by atoms with E-state index < -0.39 is 15.6 Å². The van der Waals surface area contributed by atoms with Crippen LogP contribution in [0.25, 0.3) is 0 Å². The Kier molecular flexibility index (Phi) is 8.28. The van der Waals surface area contributed by atoms with E-state index in [2.05, 4.69) is 45.8 Å². The number of anilines is 1. The molecular weight excluding hydrogens is 492 g/mol. The Morgan fingerprint density at radius 1 is 0.973 bits per heavy atom. The second-order valence-corrected chi connectivity index (χ2v) is 12.5. The average molecular weight is 531 g/mol. The fourth-order valence-corrected chi connectivity index (χ4v) is 5.80. The molecule has 2 saturated heterocycles. The van der Waals surface area contributed by atoms with Crippen LogP contribution in [0.15, 0.2) is 47.5 Å². The molecule has 1 aromatic carbocycles. The van der Waals surface area contributed by atoms with Crippen molar-refractivity contribution in [2.24, 2.45) is 0 Å². The van der Waals surface area contributed by atoms with Crippen LogP contribution in [0.4, 0.5) is 10.5 Å². The number of carbonyl (C=O) groups is 1. The summed E-state index contributed by atoms with van der Waals surface area (Å²) in [4.78, 5) is 20.6. The maximum Gasteiger partial charge on any atom is 0.410 e. The molecule has 0 atom stereocenters. The molecule has 0 saturated carbocycles. The molecular formula is C27H38N4O5S. The van der Waals surface area contributed by atoms with Gasteiger partial charge in [0.1, 0.15) is 16.6 Å². The van der Waals surface area contributed by atoms with Crippen molar-refractivity contribution < 1.29 is 22.7 Å². The van der Waals surface area contributed by atoms with Crippen molar-refractivity contribution >= 4 is 21.8 Å². The molecule has 4 rings (SSSR count). The van der Waals surface area contributed by atoms with Crippen molar-refractivity contribution in [1.29, 1.82) is 0 Å². The summed E-state index contributed by atoms with van der Waals surface area (Å²) in [5.74, 6) is 0.429. The van der Waals surface area contributed by atoms with Gasteiger partial charge in [0.05, 0.1) is 6.20 Å². The summed E-state index contributed by atoms with van der Waals surface area (Å²) in [6, 6.07) is 11.4. The summed E-state index contributed by atoms with van der Waals surface area (Å²) in [5.41, 5.74) is 1.91. The Balaban J connectivity index is 1.24. The predicted octanol–water partition coefficient (Wildman–Crippen LogP) is 4.12. The van der Waals surface area contributed by atoms with Gasteiger partial charge in [-0.05, 0) is 58.7 Å². The molecule has 9 nitrogen and oxygen atoms in total. The Morgan fingerprint density at radius 3 is 2.19 bits per heavy atom. The number of hydrogen-bond donors (Lipinski definition) is 1. The number of rotatable bonds is 6. The van der Waals surface area contributed by atoms with E-state index in [0.717, 1.165) is 25.9 Å². The van der Waals surface area contributed by atoms with Gasteiger partial charge in [-0.3, -0.25) is 0 Å². The topological polar surface area (TPSA) is 101 Å². The highest BCUT2D eigenvalue weighted by Crippen LogP contribution is 2.24. The lowest BCUT2D eigenvalue weighted by Gasteiger charge is -2.33. The number of nitrogens with zero attached hydrogens (tertiary/aromatic N) is 3. The number of aryl methyl sites for hydroxylation is 1. The molecule has 1 N–H and O–H groups in total. The van der Waals surface area contributed by atoms with E-state index in [9.17, 15) is 13.2 Å². The molecule has 0 aliphatic carbocycles.